The monoisotopic (exact) mass is 468 g/mol. The number of pyridine rings is 1. The number of aryl methyl sites for hydroxylation is 1. The normalized spacial score (nSPS) is 10.9. The van der Waals surface area contributed by atoms with Crippen molar-refractivity contribution in [3.05, 3.63) is 113 Å². The zero-order valence-electron chi connectivity index (χ0n) is 18.4. The SMILES string of the molecule is Cc1nn(-c2ccccc2)c(Cl)c1C(=O)NCc1cn(-c2ccccc2)nc1-c1ccncc1. The first-order valence-electron chi connectivity index (χ1n) is 10.7. The third-order valence-corrected chi connectivity index (χ3v) is 5.78. The van der Waals surface area contributed by atoms with Gasteiger partial charge in [0.15, 0.2) is 0 Å². The number of hydrogen-bond acceptors (Lipinski definition) is 4. The maximum absolute atomic E-state index is 13.1. The van der Waals surface area contributed by atoms with E-state index in [4.69, 9.17) is 16.7 Å². The second kappa shape index (κ2) is 9.33. The highest BCUT2D eigenvalue weighted by Gasteiger charge is 2.22. The predicted octanol–water partition coefficient (Wildman–Crippen LogP) is 5.01. The summed E-state index contributed by atoms with van der Waals surface area (Å²) in [5, 5.41) is 12.5. The molecule has 0 aliphatic carbocycles. The summed E-state index contributed by atoms with van der Waals surface area (Å²) < 4.78 is 3.38. The van der Waals surface area contributed by atoms with Gasteiger partial charge in [-0.25, -0.2) is 9.36 Å². The third kappa shape index (κ3) is 4.21. The number of carbonyl (C=O) groups excluding carboxylic acids is 1. The second-order valence-electron chi connectivity index (χ2n) is 7.70. The topological polar surface area (TPSA) is 77.6 Å². The van der Waals surface area contributed by atoms with Crippen molar-refractivity contribution in [3.8, 4) is 22.6 Å². The molecule has 0 radical (unpaired) electrons. The molecule has 0 unspecified atom stereocenters. The summed E-state index contributed by atoms with van der Waals surface area (Å²) in [6, 6.07) is 23.1. The van der Waals surface area contributed by atoms with Crippen LogP contribution in [-0.2, 0) is 6.54 Å². The Labute approximate surface area is 201 Å². The molecule has 0 aliphatic heterocycles. The molecular formula is C26H21ClN6O. The van der Waals surface area contributed by atoms with Crippen molar-refractivity contribution >= 4 is 17.5 Å². The van der Waals surface area contributed by atoms with E-state index in [1.807, 2.05) is 83.7 Å². The number of rotatable bonds is 6. The average molecular weight is 469 g/mol. The number of benzene rings is 2. The van der Waals surface area contributed by atoms with Crippen molar-refractivity contribution in [2.24, 2.45) is 0 Å². The molecule has 168 valence electrons. The quantitative estimate of drug-likeness (QED) is 0.380. The fourth-order valence-corrected chi connectivity index (χ4v) is 4.12. The van der Waals surface area contributed by atoms with Crippen LogP contribution in [0.25, 0.3) is 22.6 Å². The van der Waals surface area contributed by atoms with Crippen LogP contribution in [0.4, 0.5) is 0 Å². The van der Waals surface area contributed by atoms with Crippen LogP contribution in [0.15, 0.2) is 91.4 Å². The fraction of sp³-hybridized carbons (Fsp3) is 0.0769. The van der Waals surface area contributed by atoms with Gasteiger partial charge in [-0.1, -0.05) is 48.0 Å². The lowest BCUT2D eigenvalue weighted by atomic mass is 10.1. The van der Waals surface area contributed by atoms with E-state index in [-0.39, 0.29) is 17.6 Å². The number of nitrogens with one attached hydrogen (secondary N) is 1. The number of nitrogens with zero attached hydrogens (tertiary/aromatic N) is 5. The first-order chi connectivity index (χ1) is 16.6. The number of amides is 1. The van der Waals surface area contributed by atoms with Gasteiger partial charge in [-0.2, -0.15) is 10.2 Å². The highest BCUT2D eigenvalue weighted by atomic mass is 35.5. The van der Waals surface area contributed by atoms with Gasteiger partial charge < -0.3 is 5.32 Å². The van der Waals surface area contributed by atoms with Crippen LogP contribution in [0, 0.1) is 6.92 Å². The van der Waals surface area contributed by atoms with Crippen LogP contribution in [0.2, 0.25) is 5.15 Å². The van der Waals surface area contributed by atoms with Crippen molar-refractivity contribution < 1.29 is 4.79 Å². The molecule has 2 aromatic carbocycles. The highest BCUT2D eigenvalue weighted by molar-refractivity contribution is 6.33. The van der Waals surface area contributed by atoms with E-state index in [9.17, 15) is 4.79 Å². The van der Waals surface area contributed by atoms with E-state index in [1.165, 1.54) is 0 Å². The number of carbonyl (C=O) groups is 1. The summed E-state index contributed by atoms with van der Waals surface area (Å²) in [6.07, 6.45) is 5.37. The first-order valence-corrected chi connectivity index (χ1v) is 11.1. The molecule has 0 atom stereocenters. The number of para-hydroxylation sites is 2. The Morgan fingerprint density at radius 3 is 2.24 bits per heavy atom. The largest absolute Gasteiger partial charge is 0.348 e. The molecule has 5 rings (SSSR count). The van der Waals surface area contributed by atoms with Crippen LogP contribution in [0.1, 0.15) is 21.6 Å². The molecule has 7 nitrogen and oxygen atoms in total. The van der Waals surface area contributed by atoms with E-state index in [2.05, 4.69) is 15.4 Å². The van der Waals surface area contributed by atoms with Gasteiger partial charge in [0.2, 0.25) is 0 Å². The highest BCUT2D eigenvalue weighted by Crippen LogP contribution is 2.25. The van der Waals surface area contributed by atoms with Crippen LogP contribution < -0.4 is 5.32 Å². The van der Waals surface area contributed by atoms with Gasteiger partial charge in [0.05, 0.1) is 28.3 Å². The Kier molecular flexibility index (Phi) is 5.93. The maximum atomic E-state index is 13.1. The standard InChI is InChI=1S/C26H21ClN6O/c1-18-23(25(27)33(30-18)22-10-6-3-7-11-22)26(34)29-16-20-17-32(21-8-4-2-5-9-21)31-24(20)19-12-14-28-15-13-19/h2-15,17H,16H2,1H3,(H,29,34). The Bertz CT molecular complexity index is 1430. The lowest BCUT2D eigenvalue weighted by molar-refractivity contribution is 0.0950. The summed E-state index contributed by atoms with van der Waals surface area (Å²) in [7, 11) is 0. The van der Waals surface area contributed by atoms with Gasteiger partial charge in [-0.3, -0.25) is 9.78 Å². The number of hydrogen-bond donors (Lipinski definition) is 1. The number of aromatic nitrogens is 5. The maximum Gasteiger partial charge on any atom is 0.256 e. The van der Waals surface area contributed by atoms with Gasteiger partial charge in [0.1, 0.15) is 5.15 Å². The smallest absolute Gasteiger partial charge is 0.256 e. The molecular weight excluding hydrogens is 448 g/mol. The molecule has 0 spiro atoms. The molecule has 3 aromatic heterocycles. The molecule has 0 saturated heterocycles. The molecule has 34 heavy (non-hydrogen) atoms. The van der Waals surface area contributed by atoms with Crippen LogP contribution in [0.3, 0.4) is 0 Å². The van der Waals surface area contributed by atoms with Crippen molar-refractivity contribution in [1.82, 2.24) is 29.9 Å². The molecule has 5 aromatic rings. The van der Waals surface area contributed by atoms with Crippen LogP contribution in [-0.4, -0.2) is 30.5 Å². The minimum Gasteiger partial charge on any atom is -0.348 e. The summed E-state index contributed by atoms with van der Waals surface area (Å²) in [6.45, 7) is 2.05. The molecule has 8 heteroatoms. The fourth-order valence-electron chi connectivity index (χ4n) is 3.77. The molecule has 3 heterocycles. The van der Waals surface area contributed by atoms with Crippen molar-refractivity contribution in [1.29, 1.82) is 0 Å². The predicted molar refractivity (Wildman–Crippen MR) is 131 cm³/mol. The lowest BCUT2D eigenvalue weighted by Crippen LogP contribution is -2.23. The van der Waals surface area contributed by atoms with Gasteiger partial charge in [-0.15, -0.1) is 0 Å². The van der Waals surface area contributed by atoms with E-state index < -0.39 is 0 Å². The van der Waals surface area contributed by atoms with E-state index >= 15 is 0 Å². The van der Waals surface area contributed by atoms with Gasteiger partial charge in [-0.05, 0) is 43.3 Å². The molecule has 0 aliphatic rings. The summed E-state index contributed by atoms with van der Waals surface area (Å²) in [5.41, 5.74) is 5.19. The summed E-state index contributed by atoms with van der Waals surface area (Å²) in [5.74, 6) is -0.294. The minimum atomic E-state index is -0.294. The van der Waals surface area contributed by atoms with Crippen molar-refractivity contribution in [3.63, 3.8) is 0 Å². The van der Waals surface area contributed by atoms with Crippen molar-refractivity contribution in [2.75, 3.05) is 0 Å². The number of halogens is 1. The van der Waals surface area contributed by atoms with E-state index in [1.54, 1.807) is 24.0 Å². The van der Waals surface area contributed by atoms with Gasteiger partial charge >= 0.3 is 0 Å². The zero-order chi connectivity index (χ0) is 23.5. The van der Waals surface area contributed by atoms with Crippen molar-refractivity contribution in [2.45, 2.75) is 13.5 Å². The average Bonchev–Trinajstić information content (AvgIpc) is 3.45. The Hall–Kier alpha value is -4.23. The molecule has 0 bridgehead atoms. The summed E-state index contributed by atoms with van der Waals surface area (Å²) >= 11 is 6.57. The minimum absolute atomic E-state index is 0.273. The zero-order valence-corrected chi connectivity index (χ0v) is 19.1. The Morgan fingerprint density at radius 2 is 1.56 bits per heavy atom. The van der Waals surface area contributed by atoms with Crippen LogP contribution >= 0.6 is 11.6 Å². The molecule has 1 amide bonds. The Morgan fingerprint density at radius 1 is 0.912 bits per heavy atom. The van der Waals surface area contributed by atoms with E-state index in [0.717, 1.165) is 28.2 Å². The second-order valence-corrected chi connectivity index (χ2v) is 8.06. The molecule has 0 saturated carbocycles. The first kappa shape index (κ1) is 21.6. The van der Waals surface area contributed by atoms with E-state index in [0.29, 0.717) is 11.3 Å². The van der Waals surface area contributed by atoms with Gasteiger partial charge in [0.25, 0.3) is 5.91 Å². The van der Waals surface area contributed by atoms with Crippen LogP contribution in [0.5, 0.6) is 0 Å². The van der Waals surface area contributed by atoms with Gasteiger partial charge in [0, 0.05) is 36.3 Å². The molecule has 0 fully saturated rings. The summed E-state index contributed by atoms with van der Waals surface area (Å²) in [4.78, 5) is 17.2. The Balaban J connectivity index is 1.44. The molecule has 1 N–H and O–H groups in total. The third-order valence-electron chi connectivity index (χ3n) is 5.44. The lowest BCUT2D eigenvalue weighted by Gasteiger charge is -2.06.